The number of piperidine rings is 1. The smallest absolute Gasteiger partial charge is 0.219 e. The van der Waals surface area contributed by atoms with E-state index < -0.39 is 0 Å². The van der Waals surface area contributed by atoms with Crippen molar-refractivity contribution in [2.24, 2.45) is 0 Å². The van der Waals surface area contributed by atoms with Crippen molar-refractivity contribution in [3.8, 4) is 0 Å². The van der Waals surface area contributed by atoms with Gasteiger partial charge in [-0.05, 0) is 18.4 Å². The summed E-state index contributed by atoms with van der Waals surface area (Å²) in [5, 5.41) is 9.01. The van der Waals surface area contributed by atoms with Crippen molar-refractivity contribution in [1.29, 1.82) is 0 Å². The molecule has 6 heteroatoms. The van der Waals surface area contributed by atoms with Crippen molar-refractivity contribution in [2.45, 2.75) is 45.2 Å². The third kappa shape index (κ3) is 3.65. The largest absolute Gasteiger partial charge is 0.342 e. The van der Waals surface area contributed by atoms with Crippen LogP contribution in [0.2, 0.25) is 0 Å². The lowest BCUT2D eigenvalue weighted by atomic mass is 9.97. The molecule has 4 rings (SSSR count). The van der Waals surface area contributed by atoms with Gasteiger partial charge in [0.1, 0.15) is 11.6 Å². The highest BCUT2D eigenvalue weighted by Crippen LogP contribution is 2.27. The van der Waals surface area contributed by atoms with Crippen LogP contribution in [0.15, 0.2) is 30.3 Å². The Bertz CT molecular complexity index is 757. The molecule has 0 radical (unpaired) electrons. The van der Waals surface area contributed by atoms with Crippen LogP contribution in [0, 0.1) is 0 Å². The maximum atomic E-state index is 11.8. The number of nitrogens with zero attached hydrogens (tertiary/aromatic N) is 5. The van der Waals surface area contributed by atoms with E-state index in [4.69, 9.17) is 0 Å². The molecule has 1 atom stereocenters. The summed E-state index contributed by atoms with van der Waals surface area (Å²) in [5.41, 5.74) is 1.36. The maximum Gasteiger partial charge on any atom is 0.219 e. The van der Waals surface area contributed by atoms with Gasteiger partial charge in [0.15, 0.2) is 0 Å². The molecule has 0 spiro atoms. The summed E-state index contributed by atoms with van der Waals surface area (Å²) >= 11 is 0. The van der Waals surface area contributed by atoms with Gasteiger partial charge in [-0.25, -0.2) is 0 Å². The summed E-state index contributed by atoms with van der Waals surface area (Å²) in [6.07, 6.45) is 3.07. The number of benzene rings is 1. The van der Waals surface area contributed by atoms with Crippen molar-refractivity contribution >= 4 is 5.91 Å². The molecule has 2 aliphatic heterocycles. The lowest BCUT2D eigenvalue weighted by Crippen LogP contribution is -2.38. The van der Waals surface area contributed by atoms with Crippen LogP contribution in [0.4, 0.5) is 0 Å². The van der Waals surface area contributed by atoms with Gasteiger partial charge in [-0.2, -0.15) is 0 Å². The monoisotopic (exact) mass is 353 g/mol. The molecule has 2 aliphatic rings. The minimum atomic E-state index is 0.166. The van der Waals surface area contributed by atoms with Crippen LogP contribution in [0.5, 0.6) is 0 Å². The Morgan fingerprint density at radius 3 is 2.77 bits per heavy atom. The number of carbonyl (C=O) groups excluding carboxylic acids is 1. The molecule has 1 aromatic carbocycles. The summed E-state index contributed by atoms with van der Waals surface area (Å²) in [5.74, 6) is 2.65. The van der Waals surface area contributed by atoms with E-state index in [1.165, 1.54) is 5.56 Å². The molecule has 0 aliphatic carbocycles. The first-order valence-electron chi connectivity index (χ1n) is 9.64. The van der Waals surface area contributed by atoms with E-state index in [-0.39, 0.29) is 5.91 Å². The molecule has 2 aromatic rings. The van der Waals surface area contributed by atoms with Gasteiger partial charge < -0.3 is 9.47 Å². The predicted octanol–water partition coefficient (Wildman–Crippen LogP) is 2.06. The Balaban J connectivity index is 1.45. The zero-order valence-electron chi connectivity index (χ0n) is 15.5. The van der Waals surface area contributed by atoms with E-state index in [0.717, 1.165) is 70.2 Å². The van der Waals surface area contributed by atoms with Gasteiger partial charge in [0.25, 0.3) is 0 Å². The summed E-state index contributed by atoms with van der Waals surface area (Å²) < 4.78 is 2.32. The van der Waals surface area contributed by atoms with Crippen molar-refractivity contribution in [2.75, 3.05) is 26.2 Å². The summed E-state index contributed by atoms with van der Waals surface area (Å²) in [6, 6.07) is 10.6. The molecule has 3 heterocycles. The van der Waals surface area contributed by atoms with Gasteiger partial charge in [-0.1, -0.05) is 30.3 Å². The highest BCUT2D eigenvalue weighted by atomic mass is 16.2. The first-order valence-corrected chi connectivity index (χ1v) is 9.64. The molecule has 1 fully saturated rings. The van der Waals surface area contributed by atoms with Gasteiger partial charge in [0, 0.05) is 58.5 Å². The van der Waals surface area contributed by atoms with Crippen molar-refractivity contribution in [3.05, 3.63) is 47.5 Å². The molecule has 1 aromatic heterocycles. The first-order chi connectivity index (χ1) is 12.7. The third-order valence-electron chi connectivity index (χ3n) is 5.63. The quantitative estimate of drug-likeness (QED) is 0.848. The molecule has 138 valence electrons. The second-order valence-corrected chi connectivity index (χ2v) is 7.44. The SMILES string of the molecule is CC(=O)N1CCCC(c2nnc3n2CCN(Cc2ccccc2)CC3)C1. The number of likely N-dealkylation sites (tertiary alicyclic amines) is 1. The van der Waals surface area contributed by atoms with Crippen molar-refractivity contribution < 1.29 is 4.79 Å². The highest BCUT2D eigenvalue weighted by Gasteiger charge is 2.29. The molecule has 0 bridgehead atoms. The summed E-state index contributed by atoms with van der Waals surface area (Å²) in [4.78, 5) is 16.2. The predicted molar refractivity (Wildman–Crippen MR) is 99.7 cm³/mol. The van der Waals surface area contributed by atoms with Gasteiger partial charge in [0.2, 0.25) is 5.91 Å². The Morgan fingerprint density at radius 1 is 1.12 bits per heavy atom. The Labute approximate surface area is 154 Å². The van der Waals surface area contributed by atoms with Gasteiger partial charge >= 0.3 is 0 Å². The van der Waals surface area contributed by atoms with E-state index in [0.29, 0.717) is 5.92 Å². The molecule has 26 heavy (non-hydrogen) atoms. The standard InChI is InChI=1S/C20H27N5O/c1-16(26)24-10-5-8-18(15-24)20-22-21-19-9-11-23(12-13-25(19)20)14-17-6-3-2-4-7-17/h2-4,6-7,18H,5,8-15H2,1H3. The molecule has 0 N–H and O–H groups in total. The van der Waals surface area contributed by atoms with E-state index >= 15 is 0 Å². The zero-order chi connectivity index (χ0) is 17.9. The van der Waals surface area contributed by atoms with Crippen molar-refractivity contribution in [1.82, 2.24) is 24.6 Å². The van der Waals surface area contributed by atoms with Gasteiger partial charge in [-0.15, -0.1) is 10.2 Å². The number of hydrogen-bond donors (Lipinski definition) is 0. The van der Waals surface area contributed by atoms with Crippen LogP contribution < -0.4 is 0 Å². The average Bonchev–Trinajstić information content (AvgIpc) is 2.97. The molecule has 0 saturated carbocycles. The van der Waals surface area contributed by atoms with Gasteiger partial charge in [0.05, 0.1) is 0 Å². The first kappa shape index (κ1) is 17.2. The van der Waals surface area contributed by atoms with E-state index in [9.17, 15) is 4.79 Å². The number of amides is 1. The minimum absolute atomic E-state index is 0.166. The zero-order valence-corrected chi connectivity index (χ0v) is 15.5. The van der Waals surface area contributed by atoms with Crippen LogP contribution >= 0.6 is 0 Å². The number of fused-ring (bicyclic) bond motifs is 1. The normalized spacial score (nSPS) is 21.3. The Hall–Kier alpha value is -2.21. The van der Waals surface area contributed by atoms with Gasteiger partial charge in [-0.3, -0.25) is 9.69 Å². The second kappa shape index (κ2) is 7.58. The van der Waals surface area contributed by atoms with E-state index in [1.807, 2.05) is 4.90 Å². The van der Waals surface area contributed by atoms with Crippen LogP contribution in [-0.2, 0) is 24.3 Å². The molecule has 1 saturated heterocycles. The lowest BCUT2D eigenvalue weighted by molar-refractivity contribution is -0.130. The topological polar surface area (TPSA) is 54.3 Å². The van der Waals surface area contributed by atoms with Crippen LogP contribution in [0.3, 0.4) is 0 Å². The highest BCUT2D eigenvalue weighted by molar-refractivity contribution is 5.73. The second-order valence-electron chi connectivity index (χ2n) is 7.44. The molecular weight excluding hydrogens is 326 g/mol. The number of rotatable bonds is 3. The van der Waals surface area contributed by atoms with Crippen LogP contribution in [0.1, 0.15) is 42.9 Å². The number of hydrogen-bond acceptors (Lipinski definition) is 4. The van der Waals surface area contributed by atoms with E-state index in [2.05, 4.69) is 50.0 Å². The summed E-state index contributed by atoms with van der Waals surface area (Å²) in [7, 11) is 0. The Kier molecular flexibility index (Phi) is 5.02. The van der Waals surface area contributed by atoms with Crippen molar-refractivity contribution in [3.63, 3.8) is 0 Å². The molecular formula is C20H27N5O. The number of aromatic nitrogens is 3. The summed E-state index contributed by atoms with van der Waals surface area (Å²) in [6.45, 7) is 7.25. The fourth-order valence-electron chi connectivity index (χ4n) is 4.16. The maximum absolute atomic E-state index is 11.8. The molecule has 1 amide bonds. The van der Waals surface area contributed by atoms with Crippen LogP contribution in [0.25, 0.3) is 0 Å². The number of carbonyl (C=O) groups is 1. The van der Waals surface area contributed by atoms with E-state index in [1.54, 1.807) is 6.92 Å². The minimum Gasteiger partial charge on any atom is -0.342 e. The average molecular weight is 353 g/mol. The van der Waals surface area contributed by atoms with Crippen LogP contribution in [-0.4, -0.2) is 56.7 Å². The Morgan fingerprint density at radius 2 is 1.96 bits per heavy atom. The molecule has 6 nitrogen and oxygen atoms in total. The molecule has 1 unspecified atom stereocenters. The fourth-order valence-corrected chi connectivity index (χ4v) is 4.16. The lowest BCUT2D eigenvalue weighted by Gasteiger charge is -2.31. The third-order valence-corrected chi connectivity index (χ3v) is 5.63. The fraction of sp³-hybridized carbons (Fsp3) is 0.550.